The summed E-state index contributed by atoms with van der Waals surface area (Å²) in [4.78, 5) is 20.8. The number of carbonyl (C=O) groups excluding carboxylic acids is 1. The maximum absolute atomic E-state index is 12.1. The molecule has 0 saturated heterocycles. The van der Waals surface area contributed by atoms with E-state index in [1.54, 1.807) is 6.07 Å². The molecule has 1 aromatic carbocycles. The Kier molecular flexibility index (Phi) is 5.49. The van der Waals surface area contributed by atoms with Crippen molar-refractivity contribution >= 4 is 33.5 Å². The van der Waals surface area contributed by atoms with Crippen LogP contribution in [0.3, 0.4) is 0 Å². The number of rotatable bonds is 5. The zero-order chi connectivity index (χ0) is 16.1. The Morgan fingerprint density at radius 1 is 1.27 bits per heavy atom. The van der Waals surface area contributed by atoms with Gasteiger partial charge in [0.25, 0.3) is 5.91 Å². The van der Waals surface area contributed by atoms with Crippen LogP contribution in [0, 0.1) is 12.8 Å². The number of nitrogens with zero attached hydrogens (tertiary/aromatic N) is 2. The van der Waals surface area contributed by atoms with Gasteiger partial charge in [-0.3, -0.25) is 4.79 Å². The molecule has 6 heteroatoms. The first-order valence-electron chi connectivity index (χ1n) is 7.11. The molecule has 0 spiro atoms. The maximum atomic E-state index is 12.1. The van der Waals surface area contributed by atoms with Crippen molar-refractivity contribution in [1.29, 1.82) is 0 Å². The largest absolute Gasteiger partial charge is 0.350 e. The number of aromatic nitrogens is 2. The highest BCUT2D eigenvalue weighted by atomic mass is 79.9. The quantitative estimate of drug-likeness (QED) is 0.851. The number of aryl methyl sites for hydroxylation is 1. The Morgan fingerprint density at radius 3 is 2.68 bits per heavy atom. The van der Waals surface area contributed by atoms with Crippen molar-refractivity contribution in [1.82, 2.24) is 15.3 Å². The Hall–Kier alpha value is -1.95. The third-order valence-corrected chi connectivity index (χ3v) is 3.57. The van der Waals surface area contributed by atoms with Crippen molar-refractivity contribution in [2.24, 2.45) is 5.92 Å². The lowest BCUT2D eigenvalue weighted by atomic mass is 10.2. The van der Waals surface area contributed by atoms with Crippen molar-refractivity contribution in [2.45, 2.75) is 20.8 Å². The molecule has 22 heavy (non-hydrogen) atoms. The highest BCUT2D eigenvalue weighted by Crippen LogP contribution is 2.23. The van der Waals surface area contributed by atoms with Gasteiger partial charge in [-0.15, -0.1) is 0 Å². The molecule has 1 heterocycles. The van der Waals surface area contributed by atoms with Gasteiger partial charge < -0.3 is 10.6 Å². The number of hydrogen-bond donors (Lipinski definition) is 2. The minimum atomic E-state index is -0.186. The number of carbonyl (C=O) groups is 1. The van der Waals surface area contributed by atoms with Gasteiger partial charge in [0.05, 0.1) is 5.69 Å². The summed E-state index contributed by atoms with van der Waals surface area (Å²) in [6, 6.07) is 9.36. The van der Waals surface area contributed by atoms with E-state index < -0.39 is 0 Å². The average Bonchev–Trinajstić information content (AvgIpc) is 2.46. The van der Waals surface area contributed by atoms with Crippen LogP contribution >= 0.6 is 15.9 Å². The Morgan fingerprint density at radius 2 is 2.00 bits per heavy atom. The van der Waals surface area contributed by atoms with Crippen LogP contribution in [0.2, 0.25) is 0 Å². The highest BCUT2D eigenvalue weighted by molar-refractivity contribution is 9.10. The summed E-state index contributed by atoms with van der Waals surface area (Å²) in [5.41, 5.74) is 1.95. The molecule has 116 valence electrons. The van der Waals surface area contributed by atoms with Crippen LogP contribution < -0.4 is 10.6 Å². The standard InChI is InChI=1S/C16H19BrN4O/c1-10(2)9-18-15(22)14-8-11(3)19-16(21-14)20-13-7-5-4-6-12(13)17/h4-8,10H,9H2,1-3H3,(H,18,22)(H,19,20,21). The van der Waals surface area contributed by atoms with Crippen LogP contribution in [0.4, 0.5) is 11.6 Å². The lowest BCUT2D eigenvalue weighted by molar-refractivity contribution is 0.0944. The van der Waals surface area contributed by atoms with Gasteiger partial charge in [0.15, 0.2) is 0 Å². The van der Waals surface area contributed by atoms with Crippen LogP contribution in [-0.2, 0) is 0 Å². The second-order valence-electron chi connectivity index (χ2n) is 5.43. The van der Waals surface area contributed by atoms with E-state index in [4.69, 9.17) is 0 Å². The molecule has 0 aliphatic heterocycles. The Labute approximate surface area is 138 Å². The van der Waals surface area contributed by atoms with Crippen LogP contribution in [0.5, 0.6) is 0 Å². The van der Waals surface area contributed by atoms with E-state index in [0.717, 1.165) is 15.9 Å². The molecule has 0 fully saturated rings. The lowest BCUT2D eigenvalue weighted by Crippen LogP contribution is -2.28. The molecule has 0 aliphatic rings. The first kappa shape index (κ1) is 16.4. The van der Waals surface area contributed by atoms with Crippen molar-refractivity contribution in [3.8, 4) is 0 Å². The van der Waals surface area contributed by atoms with E-state index in [-0.39, 0.29) is 5.91 Å². The zero-order valence-electron chi connectivity index (χ0n) is 12.9. The molecule has 1 amide bonds. The second kappa shape index (κ2) is 7.35. The van der Waals surface area contributed by atoms with Gasteiger partial charge in [-0.25, -0.2) is 9.97 Å². The predicted molar refractivity (Wildman–Crippen MR) is 91.4 cm³/mol. The molecule has 2 rings (SSSR count). The molecule has 2 N–H and O–H groups in total. The smallest absolute Gasteiger partial charge is 0.270 e. The fraction of sp³-hybridized carbons (Fsp3) is 0.312. The fourth-order valence-electron chi connectivity index (χ4n) is 1.81. The van der Waals surface area contributed by atoms with Gasteiger partial charge in [0.1, 0.15) is 5.69 Å². The second-order valence-corrected chi connectivity index (χ2v) is 6.28. The molecule has 5 nitrogen and oxygen atoms in total. The van der Waals surface area contributed by atoms with Crippen LogP contribution in [-0.4, -0.2) is 22.4 Å². The molecule has 0 atom stereocenters. The van der Waals surface area contributed by atoms with Gasteiger partial charge >= 0.3 is 0 Å². The van der Waals surface area contributed by atoms with Gasteiger partial charge in [-0.2, -0.15) is 0 Å². The summed E-state index contributed by atoms with van der Waals surface area (Å²) in [5.74, 6) is 0.612. The fourth-order valence-corrected chi connectivity index (χ4v) is 2.20. The van der Waals surface area contributed by atoms with Gasteiger partial charge in [0, 0.05) is 16.7 Å². The zero-order valence-corrected chi connectivity index (χ0v) is 14.4. The van der Waals surface area contributed by atoms with E-state index in [9.17, 15) is 4.79 Å². The third-order valence-electron chi connectivity index (χ3n) is 2.88. The third kappa shape index (κ3) is 4.53. The molecule has 0 unspecified atom stereocenters. The molecular formula is C16H19BrN4O. The van der Waals surface area contributed by atoms with E-state index in [2.05, 4.69) is 36.5 Å². The number of para-hydroxylation sites is 1. The maximum Gasteiger partial charge on any atom is 0.270 e. The number of nitrogens with one attached hydrogen (secondary N) is 2. The average molecular weight is 363 g/mol. The number of benzene rings is 1. The first-order valence-corrected chi connectivity index (χ1v) is 7.90. The van der Waals surface area contributed by atoms with Gasteiger partial charge in [-0.1, -0.05) is 26.0 Å². The van der Waals surface area contributed by atoms with Crippen molar-refractivity contribution in [2.75, 3.05) is 11.9 Å². The van der Waals surface area contributed by atoms with Crippen molar-refractivity contribution < 1.29 is 4.79 Å². The normalized spacial score (nSPS) is 10.6. The number of amides is 1. The number of hydrogen-bond acceptors (Lipinski definition) is 4. The minimum Gasteiger partial charge on any atom is -0.350 e. The summed E-state index contributed by atoms with van der Waals surface area (Å²) in [5, 5.41) is 5.99. The summed E-state index contributed by atoms with van der Waals surface area (Å²) in [6.07, 6.45) is 0. The molecular weight excluding hydrogens is 344 g/mol. The SMILES string of the molecule is Cc1cc(C(=O)NCC(C)C)nc(Nc2ccccc2Br)n1. The topological polar surface area (TPSA) is 66.9 Å². The van der Waals surface area contributed by atoms with E-state index in [1.165, 1.54) is 0 Å². The van der Waals surface area contributed by atoms with Crippen LogP contribution in [0.15, 0.2) is 34.8 Å². The van der Waals surface area contributed by atoms with Gasteiger partial charge in [0.2, 0.25) is 5.95 Å². The number of halogens is 1. The summed E-state index contributed by atoms with van der Waals surface area (Å²) in [6.45, 7) is 6.55. The molecule has 0 radical (unpaired) electrons. The first-order chi connectivity index (χ1) is 10.5. The summed E-state index contributed by atoms with van der Waals surface area (Å²) >= 11 is 3.46. The highest BCUT2D eigenvalue weighted by Gasteiger charge is 2.11. The molecule has 0 aliphatic carbocycles. The lowest BCUT2D eigenvalue weighted by Gasteiger charge is -2.10. The van der Waals surface area contributed by atoms with E-state index in [1.807, 2.05) is 45.0 Å². The Bertz CT molecular complexity index is 673. The molecule has 0 saturated carbocycles. The monoisotopic (exact) mass is 362 g/mol. The Balaban J connectivity index is 2.20. The summed E-state index contributed by atoms with van der Waals surface area (Å²) in [7, 11) is 0. The van der Waals surface area contributed by atoms with Crippen LogP contribution in [0.25, 0.3) is 0 Å². The van der Waals surface area contributed by atoms with Crippen LogP contribution in [0.1, 0.15) is 30.0 Å². The molecule has 1 aromatic heterocycles. The predicted octanol–water partition coefficient (Wildman–Crippen LogP) is 3.68. The summed E-state index contributed by atoms with van der Waals surface area (Å²) < 4.78 is 0.908. The minimum absolute atomic E-state index is 0.186. The van der Waals surface area contributed by atoms with Crippen molar-refractivity contribution in [3.63, 3.8) is 0 Å². The molecule has 0 bridgehead atoms. The van der Waals surface area contributed by atoms with Crippen molar-refractivity contribution in [3.05, 3.63) is 46.2 Å². The number of anilines is 2. The van der Waals surface area contributed by atoms with E-state index in [0.29, 0.717) is 24.1 Å². The molecule has 2 aromatic rings. The van der Waals surface area contributed by atoms with E-state index >= 15 is 0 Å². The van der Waals surface area contributed by atoms with Gasteiger partial charge in [-0.05, 0) is 47.0 Å².